The van der Waals surface area contributed by atoms with E-state index in [0.29, 0.717) is 17.1 Å². The lowest BCUT2D eigenvalue weighted by Crippen LogP contribution is -2.47. The molecule has 1 aliphatic carbocycles. The monoisotopic (exact) mass is 637 g/mol. The van der Waals surface area contributed by atoms with E-state index in [1.807, 2.05) is 75.4 Å². The van der Waals surface area contributed by atoms with Gasteiger partial charge in [0.2, 0.25) is 5.91 Å². The molecule has 1 fully saturated rings. The molecule has 0 saturated heterocycles. The van der Waals surface area contributed by atoms with Gasteiger partial charge in [-0.05, 0) is 98.0 Å². The molecule has 0 spiro atoms. The SMILES string of the molecule is COc1ccc(CN(C(=O)c2ccccn2)C(C(=O)NC2CCCCC2)c2ccc3cc(OCC(=O)OC(C)(C)C)ccc3c2)cc1. The van der Waals surface area contributed by atoms with Gasteiger partial charge >= 0.3 is 5.97 Å². The van der Waals surface area contributed by atoms with Crippen LogP contribution in [0.25, 0.3) is 10.8 Å². The summed E-state index contributed by atoms with van der Waals surface area (Å²) < 4.78 is 16.4. The first-order valence-corrected chi connectivity index (χ1v) is 16.1. The van der Waals surface area contributed by atoms with Crippen LogP contribution < -0.4 is 14.8 Å². The number of aromatic nitrogens is 1. The van der Waals surface area contributed by atoms with E-state index in [-0.39, 0.29) is 36.7 Å². The van der Waals surface area contributed by atoms with Gasteiger partial charge in [-0.3, -0.25) is 14.6 Å². The highest BCUT2D eigenvalue weighted by Gasteiger charge is 2.34. The summed E-state index contributed by atoms with van der Waals surface area (Å²) in [4.78, 5) is 46.6. The normalized spacial score (nSPS) is 14.2. The van der Waals surface area contributed by atoms with Crippen molar-refractivity contribution in [2.75, 3.05) is 13.7 Å². The Bertz CT molecular complexity index is 1680. The minimum Gasteiger partial charge on any atom is -0.497 e. The number of amides is 2. The Morgan fingerprint density at radius 2 is 1.60 bits per heavy atom. The third-order valence-electron chi connectivity index (χ3n) is 8.10. The highest BCUT2D eigenvalue weighted by molar-refractivity contribution is 5.97. The zero-order valence-corrected chi connectivity index (χ0v) is 27.5. The third-order valence-corrected chi connectivity index (χ3v) is 8.10. The number of carbonyl (C=O) groups is 3. The molecule has 1 unspecified atom stereocenters. The Labute approximate surface area is 276 Å². The van der Waals surface area contributed by atoms with Crippen LogP contribution in [0.4, 0.5) is 0 Å². The maximum atomic E-state index is 14.3. The van der Waals surface area contributed by atoms with Gasteiger partial charge in [0.05, 0.1) is 7.11 Å². The summed E-state index contributed by atoms with van der Waals surface area (Å²) in [5.74, 6) is 0.193. The lowest BCUT2D eigenvalue weighted by atomic mass is 9.94. The lowest BCUT2D eigenvalue weighted by Gasteiger charge is -2.33. The molecule has 0 bridgehead atoms. The smallest absolute Gasteiger partial charge is 0.344 e. The first kappa shape index (κ1) is 33.4. The van der Waals surface area contributed by atoms with Crippen molar-refractivity contribution in [3.8, 4) is 11.5 Å². The van der Waals surface area contributed by atoms with Crippen molar-refractivity contribution in [3.63, 3.8) is 0 Å². The van der Waals surface area contributed by atoms with Gasteiger partial charge in [0.15, 0.2) is 6.61 Å². The van der Waals surface area contributed by atoms with Crippen LogP contribution in [-0.4, -0.2) is 53.0 Å². The summed E-state index contributed by atoms with van der Waals surface area (Å²) in [6, 6.07) is 23.0. The number of hydrogen-bond donors (Lipinski definition) is 1. The van der Waals surface area contributed by atoms with E-state index >= 15 is 0 Å². The van der Waals surface area contributed by atoms with Gasteiger partial charge in [-0.1, -0.05) is 55.7 Å². The van der Waals surface area contributed by atoms with Crippen molar-refractivity contribution in [3.05, 3.63) is 102 Å². The van der Waals surface area contributed by atoms with Gasteiger partial charge in [-0.15, -0.1) is 0 Å². The Balaban J connectivity index is 1.50. The molecule has 1 aromatic heterocycles. The molecule has 1 heterocycles. The molecule has 1 N–H and O–H groups in total. The molecule has 1 saturated carbocycles. The van der Waals surface area contributed by atoms with Crippen molar-refractivity contribution >= 4 is 28.6 Å². The Morgan fingerprint density at radius 1 is 0.894 bits per heavy atom. The molecule has 3 aromatic carbocycles. The van der Waals surface area contributed by atoms with E-state index < -0.39 is 17.6 Å². The molecule has 1 atom stereocenters. The van der Waals surface area contributed by atoms with E-state index in [1.165, 1.54) is 0 Å². The van der Waals surface area contributed by atoms with Gasteiger partial charge < -0.3 is 24.4 Å². The molecule has 47 heavy (non-hydrogen) atoms. The standard InChI is InChI=1S/C38H43N3O6/c1-38(2,3)47-34(42)25-46-32-20-17-27-22-29(16-15-28(27)23-32)35(36(43)40-30-10-6-5-7-11-30)41(37(44)33-12-8-9-21-39-33)24-26-13-18-31(45-4)19-14-26/h8-9,12-23,30,35H,5-7,10-11,24-25H2,1-4H3,(H,40,43). The van der Waals surface area contributed by atoms with Crippen LogP contribution in [0.15, 0.2) is 85.1 Å². The average molecular weight is 638 g/mol. The number of carbonyl (C=O) groups excluding carboxylic acids is 3. The lowest BCUT2D eigenvalue weighted by molar-refractivity contribution is -0.157. The molecular formula is C38H43N3O6. The quantitative estimate of drug-likeness (QED) is 0.180. The number of ether oxygens (including phenoxy) is 3. The Kier molecular flexibility index (Phi) is 10.8. The molecule has 5 rings (SSSR count). The number of pyridine rings is 1. The molecule has 0 aliphatic heterocycles. The average Bonchev–Trinajstić information content (AvgIpc) is 3.07. The van der Waals surface area contributed by atoms with E-state index in [4.69, 9.17) is 14.2 Å². The minimum atomic E-state index is -0.930. The second-order valence-electron chi connectivity index (χ2n) is 12.9. The number of hydrogen-bond acceptors (Lipinski definition) is 7. The second kappa shape index (κ2) is 15.1. The molecule has 246 valence electrons. The maximum absolute atomic E-state index is 14.3. The summed E-state index contributed by atoms with van der Waals surface area (Å²) in [5, 5.41) is 4.99. The first-order valence-electron chi connectivity index (χ1n) is 16.1. The topological polar surface area (TPSA) is 107 Å². The summed E-state index contributed by atoms with van der Waals surface area (Å²) >= 11 is 0. The zero-order valence-electron chi connectivity index (χ0n) is 27.5. The predicted molar refractivity (Wildman–Crippen MR) is 180 cm³/mol. The zero-order chi connectivity index (χ0) is 33.4. The minimum absolute atomic E-state index is 0.0525. The van der Waals surface area contributed by atoms with Crippen molar-refractivity contribution < 1.29 is 28.6 Å². The number of esters is 1. The van der Waals surface area contributed by atoms with Crippen molar-refractivity contribution in [1.29, 1.82) is 0 Å². The molecule has 0 radical (unpaired) electrons. The van der Waals surface area contributed by atoms with E-state index in [2.05, 4.69) is 10.3 Å². The fourth-order valence-electron chi connectivity index (χ4n) is 5.86. The van der Waals surface area contributed by atoms with Crippen LogP contribution in [-0.2, 0) is 20.9 Å². The van der Waals surface area contributed by atoms with Crippen molar-refractivity contribution in [2.24, 2.45) is 0 Å². The van der Waals surface area contributed by atoms with E-state index in [9.17, 15) is 14.4 Å². The van der Waals surface area contributed by atoms with Gasteiger partial charge in [-0.25, -0.2) is 4.79 Å². The third kappa shape index (κ3) is 9.09. The highest BCUT2D eigenvalue weighted by atomic mass is 16.6. The second-order valence-corrected chi connectivity index (χ2v) is 12.9. The van der Waals surface area contributed by atoms with Gasteiger partial charge in [0.1, 0.15) is 28.8 Å². The van der Waals surface area contributed by atoms with Crippen LogP contribution >= 0.6 is 0 Å². The van der Waals surface area contributed by atoms with Crippen LogP contribution in [0, 0.1) is 0 Å². The Morgan fingerprint density at radius 3 is 2.28 bits per heavy atom. The first-order chi connectivity index (χ1) is 22.6. The number of nitrogens with one attached hydrogen (secondary N) is 1. The summed E-state index contributed by atoms with van der Waals surface area (Å²) in [5.41, 5.74) is 1.17. The van der Waals surface area contributed by atoms with Crippen molar-refractivity contribution in [1.82, 2.24) is 15.2 Å². The van der Waals surface area contributed by atoms with Gasteiger partial charge in [0.25, 0.3) is 5.91 Å². The molecule has 9 heteroatoms. The number of benzene rings is 3. The maximum Gasteiger partial charge on any atom is 0.344 e. The van der Waals surface area contributed by atoms with Gasteiger partial charge in [0, 0.05) is 18.8 Å². The largest absolute Gasteiger partial charge is 0.497 e. The summed E-state index contributed by atoms with van der Waals surface area (Å²) in [7, 11) is 1.60. The predicted octanol–water partition coefficient (Wildman–Crippen LogP) is 6.80. The fraction of sp³-hybridized carbons (Fsp3) is 0.368. The fourth-order valence-corrected chi connectivity index (χ4v) is 5.86. The van der Waals surface area contributed by atoms with Crippen LogP contribution in [0.3, 0.4) is 0 Å². The van der Waals surface area contributed by atoms with E-state index in [1.54, 1.807) is 42.5 Å². The van der Waals surface area contributed by atoms with Crippen molar-refractivity contribution in [2.45, 2.75) is 77.1 Å². The molecule has 1 aliphatic rings. The number of methoxy groups -OCH3 is 1. The number of fused-ring (bicyclic) bond motifs is 1. The molecule has 4 aromatic rings. The van der Waals surface area contributed by atoms with Crippen LogP contribution in [0.5, 0.6) is 11.5 Å². The summed E-state index contributed by atoms with van der Waals surface area (Å²) in [6.07, 6.45) is 6.68. The highest BCUT2D eigenvalue weighted by Crippen LogP contribution is 2.31. The van der Waals surface area contributed by atoms with E-state index in [0.717, 1.165) is 48.4 Å². The molecule has 2 amide bonds. The molecular weight excluding hydrogens is 594 g/mol. The van der Waals surface area contributed by atoms with Crippen LogP contribution in [0.1, 0.15) is 80.5 Å². The number of nitrogens with zero attached hydrogens (tertiary/aromatic N) is 2. The van der Waals surface area contributed by atoms with Gasteiger partial charge in [-0.2, -0.15) is 0 Å². The Hall–Kier alpha value is -4.92. The summed E-state index contributed by atoms with van der Waals surface area (Å²) in [6.45, 7) is 5.40. The molecule has 9 nitrogen and oxygen atoms in total. The number of rotatable bonds is 11. The van der Waals surface area contributed by atoms with Crippen LogP contribution in [0.2, 0.25) is 0 Å².